The van der Waals surface area contributed by atoms with E-state index in [0.717, 1.165) is 18.4 Å². The topological polar surface area (TPSA) is 43.4 Å². The van der Waals surface area contributed by atoms with Gasteiger partial charge in [-0.25, -0.2) is 4.79 Å². The zero-order valence-corrected chi connectivity index (χ0v) is 11.7. The monoisotopic (exact) mass is 260 g/mol. The van der Waals surface area contributed by atoms with Crippen molar-refractivity contribution in [3.05, 3.63) is 35.4 Å². The first-order valence-corrected chi connectivity index (χ1v) is 6.64. The van der Waals surface area contributed by atoms with Gasteiger partial charge >= 0.3 is 5.97 Å². The number of Topliss-reactive ketones (excluding diaryl/α,β-unsaturated/α-hetero) is 1. The fraction of sp³-hybridized carbons (Fsp3) is 0.500. The molecule has 19 heavy (non-hydrogen) atoms. The first-order chi connectivity index (χ1) is 8.93. The number of benzene rings is 1. The average molecular weight is 260 g/mol. The van der Waals surface area contributed by atoms with Crippen LogP contribution in [0.15, 0.2) is 24.3 Å². The summed E-state index contributed by atoms with van der Waals surface area (Å²) in [5.41, 5.74) is 1.73. The average Bonchev–Trinajstić information content (AvgIpc) is 2.41. The molecule has 0 unspecified atom stereocenters. The Balaban J connectivity index is 2.21. The molecule has 0 heterocycles. The summed E-state index contributed by atoms with van der Waals surface area (Å²) in [6.07, 6.45) is 2.49. The van der Waals surface area contributed by atoms with Crippen LogP contribution in [0.25, 0.3) is 0 Å². The molecule has 1 aromatic rings. The van der Waals surface area contributed by atoms with E-state index in [0.29, 0.717) is 17.8 Å². The quantitative estimate of drug-likeness (QED) is 0.766. The van der Waals surface area contributed by atoms with Gasteiger partial charge < -0.3 is 4.74 Å². The summed E-state index contributed by atoms with van der Waals surface area (Å²) in [6.45, 7) is 4.41. The van der Waals surface area contributed by atoms with E-state index in [1.165, 1.54) is 7.11 Å². The van der Waals surface area contributed by atoms with Crippen LogP contribution in [-0.2, 0) is 9.53 Å². The molecule has 0 aromatic heterocycles. The van der Waals surface area contributed by atoms with Crippen LogP contribution in [0.5, 0.6) is 0 Å². The molecule has 1 aliphatic carbocycles. The lowest BCUT2D eigenvalue weighted by Crippen LogP contribution is -2.28. The maximum Gasteiger partial charge on any atom is 0.337 e. The zero-order chi connectivity index (χ0) is 14.0. The zero-order valence-electron chi connectivity index (χ0n) is 11.7. The number of esters is 1. The molecule has 0 N–H and O–H groups in total. The van der Waals surface area contributed by atoms with E-state index < -0.39 is 0 Å². The van der Waals surface area contributed by atoms with E-state index in [2.05, 4.69) is 18.6 Å². The van der Waals surface area contributed by atoms with Crippen molar-refractivity contribution in [2.24, 2.45) is 5.41 Å². The summed E-state index contributed by atoms with van der Waals surface area (Å²) in [5.74, 6) is -0.0672. The fourth-order valence-electron chi connectivity index (χ4n) is 2.68. The van der Waals surface area contributed by atoms with Crippen molar-refractivity contribution in [3.63, 3.8) is 0 Å². The van der Waals surface area contributed by atoms with E-state index in [1.54, 1.807) is 12.1 Å². The molecule has 102 valence electrons. The third kappa shape index (κ3) is 3.03. The van der Waals surface area contributed by atoms with Gasteiger partial charge in [0.25, 0.3) is 0 Å². The first-order valence-electron chi connectivity index (χ1n) is 6.64. The molecule has 0 saturated heterocycles. The molecule has 0 radical (unpaired) electrons. The van der Waals surface area contributed by atoms with Gasteiger partial charge in [0.2, 0.25) is 0 Å². The van der Waals surface area contributed by atoms with Crippen LogP contribution in [0.4, 0.5) is 0 Å². The summed E-state index contributed by atoms with van der Waals surface area (Å²) in [6, 6.07) is 7.21. The van der Waals surface area contributed by atoms with E-state index in [-0.39, 0.29) is 17.3 Å². The summed E-state index contributed by atoms with van der Waals surface area (Å²) < 4.78 is 4.67. The second kappa shape index (κ2) is 5.16. The van der Waals surface area contributed by atoms with E-state index in [9.17, 15) is 9.59 Å². The van der Waals surface area contributed by atoms with Crippen LogP contribution in [0.2, 0.25) is 0 Å². The third-order valence-electron chi connectivity index (χ3n) is 3.93. The summed E-state index contributed by atoms with van der Waals surface area (Å²) in [4.78, 5) is 23.4. The Morgan fingerprint density at radius 1 is 1.26 bits per heavy atom. The minimum Gasteiger partial charge on any atom is -0.465 e. The second-order valence-electron chi connectivity index (χ2n) is 6.00. The van der Waals surface area contributed by atoms with Gasteiger partial charge in [-0.3, -0.25) is 4.79 Å². The van der Waals surface area contributed by atoms with E-state index >= 15 is 0 Å². The molecule has 1 aliphatic rings. The Labute approximate surface area is 114 Å². The molecule has 0 spiro atoms. The van der Waals surface area contributed by atoms with E-state index in [1.807, 2.05) is 12.1 Å². The number of ketones is 1. The highest BCUT2D eigenvalue weighted by Crippen LogP contribution is 2.41. The number of hydrogen-bond donors (Lipinski definition) is 0. The lowest BCUT2D eigenvalue weighted by Gasteiger charge is -2.34. The molecular weight excluding hydrogens is 240 g/mol. The second-order valence-corrected chi connectivity index (χ2v) is 6.00. The van der Waals surface area contributed by atoms with Crippen LogP contribution in [-0.4, -0.2) is 18.9 Å². The van der Waals surface area contributed by atoms with Crippen molar-refractivity contribution < 1.29 is 14.3 Å². The van der Waals surface area contributed by atoms with Crippen LogP contribution >= 0.6 is 0 Å². The molecular formula is C16H20O3. The number of ether oxygens (including phenoxy) is 1. The van der Waals surface area contributed by atoms with Gasteiger partial charge in [-0.05, 0) is 36.0 Å². The van der Waals surface area contributed by atoms with Gasteiger partial charge in [-0.15, -0.1) is 0 Å². The number of hydrogen-bond acceptors (Lipinski definition) is 3. The van der Waals surface area contributed by atoms with Crippen molar-refractivity contribution in [2.75, 3.05) is 7.11 Å². The Morgan fingerprint density at radius 3 is 2.47 bits per heavy atom. The predicted molar refractivity (Wildman–Crippen MR) is 73.2 cm³/mol. The highest BCUT2D eigenvalue weighted by Gasteiger charge is 2.34. The van der Waals surface area contributed by atoms with Crippen molar-refractivity contribution in [1.82, 2.24) is 0 Å². The molecule has 0 amide bonds. The molecule has 0 aliphatic heterocycles. The molecule has 1 fully saturated rings. The lowest BCUT2D eigenvalue weighted by atomic mass is 9.69. The first kappa shape index (κ1) is 13.8. The lowest BCUT2D eigenvalue weighted by molar-refractivity contribution is -0.123. The Bertz CT molecular complexity index is 485. The molecule has 0 bridgehead atoms. The van der Waals surface area contributed by atoms with Crippen molar-refractivity contribution in [1.29, 1.82) is 0 Å². The minimum absolute atomic E-state index is 0.0320. The number of methoxy groups -OCH3 is 1. The fourth-order valence-corrected chi connectivity index (χ4v) is 2.68. The Hall–Kier alpha value is -1.64. The predicted octanol–water partition coefficient (Wildman–Crippen LogP) is 3.34. The molecule has 2 rings (SSSR count). The molecule has 3 heteroatoms. The van der Waals surface area contributed by atoms with E-state index in [4.69, 9.17) is 0 Å². The van der Waals surface area contributed by atoms with Gasteiger partial charge in [0, 0.05) is 12.3 Å². The van der Waals surface area contributed by atoms with Crippen molar-refractivity contribution >= 4 is 11.8 Å². The van der Waals surface area contributed by atoms with Crippen LogP contribution in [0.1, 0.15) is 54.9 Å². The molecule has 1 atom stereocenters. The number of carbonyl (C=O) groups is 2. The summed E-state index contributed by atoms with van der Waals surface area (Å²) >= 11 is 0. The number of rotatable bonds is 2. The van der Waals surface area contributed by atoms with Crippen LogP contribution in [0, 0.1) is 5.41 Å². The molecule has 3 nitrogen and oxygen atoms in total. The molecule has 1 aromatic carbocycles. The maximum atomic E-state index is 12.1. The maximum absolute atomic E-state index is 12.1. The van der Waals surface area contributed by atoms with Crippen LogP contribution < -0.4 is 0 Å². The van der Waals surface area contributed by atoms with Gasteiger partial charge in [0.1, 0.15) is 5.78 Å². The van der Waals surface area contributed by atoms with Gasteiger partial charge in [0.05, 0.1) is 12.7 Å². The van der Waals surface area contributed by atoms with Gasteiger partial charge in [-0.1, -0.05) is 26.0 Å². The highest BCUT2D eigenvalue weighted by molar-refractivity contribution is 5.90. The SMILES string of the molecule is COC(=O)c1ccc([C@@H]2CC(C)(C)CCC2=O)cc1. The number of carbonyl (C=O) groups excluding carboxylic acids is 2. The Kier molecular flexibility index (Phi) is 3.74. The minimum atomic E-state index is -0.346. The van der Waals surface area contributed by atoms with Crippen LogP contribution in [0.3, 0.4) is 0 Å². The normalized spacial score (nSPS) is 22.1. The summed E-state index contributed by atoms with van der Waals surface area (Å²) in [7, 11) is 1.36. The standard InChI is InChI=1S/C16H20O3/c1-16(2)9-8-14(17)13(10-16)11-4-6-12(7-5-11)15(18)19-3/h4-7,13H,8-10H2,1-3H3/t13-/m0/s1. The van der Waals surface area contributed by atoms with Crippen molar-refractivity contribution in [2.45, 2.75) is 39.0 Å². The molecule has 1 saturated carbocycles. The smallest absolute Gasteiger partial charge is 0.337 e. The van der Waals surface area contributed by atoms with Gasteiger partial charge in [0.15, 0.2) is 0 Å². The van der Waals surface area contributed by atoms with Crippen molar-refractivity contribution in [3.8, 4) is 0 Å². The van der Waals surface area contributed by atoms with Gasteiger partial charge in [-0.2, -0.15) is 0 Å². The summed E-state index contributed by atoms with van der Waals surface area (Å²) in [5, 5.41) is 0. The largest absolute Gasteiger partial charge is 0.465 e. The highest BCUT2D eigenvalue weighted by atomic mass is 16.5. The Morgan fingerprint density at radius 2 is 1.89 bits per heavy atom. The third-order valence-corrected chi connectivity index (χ3v) is 3.93.